The third-order valence-electron chi connectivity index (χ3n) is 1.67. The lowest BCUT2D eigenvalue weighted by molar-refractivity contribution is 0.774. The van der Waals surface area contributed by atoms with E-state index in [1.54, 1.807) is 23.9 Å². The highest BCUT2D eigenvalue weighted by molar-refractivity contribution is 6.29. The van der Waals surface area contributed by atoms with E-state index in [4.69, 9.17) is 11.6 Å². The van der Waals surface area contributed by atoms with Crippen LogP contribution in [0, 0.1) is 0 Å². The smallest absolute Gasteiger partial charge is 0.270 e. The summed E-state index contributed by atoms with van der Waals surface area (Å²) in [5, 5.41) is 3.53. The molecule has 2 heterocycles. The van der Waals surface area contributed by atoms with Gasteiger partial charge in [-0.2, -0.15) is 0 Å². The van der Waals surface area contributed by atoms with Gasteiger partial charge in [0.25, 0.3) is 5.56 Å². The highest BCUT2D eigenvalue weighted by atomic mass is 35.5. The number of halogens is 1. The summed E-state index contributed by atoms with van der Waals surface area (Å²) in [6.07, 6.45) is 0. The predicted molar refractivity (Wildman–Crippen MR) is 46.3 cm³/mol. The standard InChI is InChI=1S/C7H6ClN3O/c1-11-6-4(7(12)10-11)2-3-5(8)9-6/h2-3H,1H3,(H,10,12). The van der Waals surface area contributed by atoms with E-state index in [1.807, 2.05) is 0 Å². The third kappa shape index (κ3) is 0.921. The molecule has 0 aliphatic rings. The number of hydrogen-bond donors (Lipinski definition) is 1. The van der Waals surface area contributed by atoms with Gasteiger partial charge in [0.2, 0.25) is 0 Å². The van der Waals surface area contributed by atoms with Crippen molar-refractivity contribution in [2.75, 3.05) is 0 Å². The summed E-state index contributed by atoms with van der Waals surface area (Å²) in [6.45, 7) is 0. The second kappa shape index (κ2) is 2.35. The molecule has 0 aliphatic carbocycles. The summed E-state index contributed by atoms with van der Waals surface area (Å²) in [5.41, 5.74) is 0.434. The van der Waals surface area contributed by atoms with Crippen molar-refractivity contribution in [2.24, 2.45) is 7.05 Å². The van der Waals surface area contributed by atoms with Crippen LogP contribution in [0.25, 0.3) is 11.0 Å². The van der Waals surface area contributed by atoms with Crippen molar-refractivity contribution in [2.45, 2.75) is 0 Å². The van der Waals surface area contributed by atoms with E-state index >= 15 is 0 Å². The summed E-state index contributed by atoms with van der Waals surface area (Å²) in [6, 6.07) is 3.25. The zero-order valence-corrected chi connectivity index (χ0v) is 7.09. The van der Waals surface area contributed by atoms with Crippen LogP contribution in [0.3, 0.4) is 0 Å². The van der Waals surface area contributed by atoms with Crippen molar-refractivity contribution in [3.63, 3.8) is 0 Å². The summed E-state index contributed by atoms with van der Waals surface area (Å²) in [7, 11) is 1.72. The van der Waals surface area contributed by atoms with E-state index in [2.05, 4.69) is 10.1 Å². The van der Waals surface area contributed by atoms with Gasteiger partial charge in [0, 0.05) is 7.05 Å². The van der Waals surface area contributed by atoms with E-state index in [-0.39, 0.29) is 5.56 Å². The van der Waals surface area contributed by atoms with Crippen LogP contribution in [-0.2, 0) is 7.05 Å². The molecule has 2 aromatic heterocycles. The van der Waals surface area contributed by atoms with Gasteiger partial charge in [-0.3, -0.25) is 14.6 Å². The first-order valence-electron chi connectivity index (χ1n) is 3.40. The maximum atomic E-state index is 11.2. The molecule has 0 saturated heterocycles. The monoisotopic (exact) mass is 183 g/mol. The number of pyridine rings is 1. The Labute approximate surface area is 72.8 Å². The molecule has 4 nitrogen and oxygen atoms in total. The Morgan fingerprint density at radius 3 is 3.08 bits per heavy atom. The first-order valence-corrected chi connectivity index (χ1v) is 3.77. The Kier molecular flexibility index (Phi) is 1.44. The molecule has 0 atom stereocenters. The van der Waals surface area contributed by atoms with Gasteiger partial charge in [0.05, 0.1) is 5.39 Å². The molecule has 0 spiro atoms. The summed E-state index contributed by atoms with van der Waals surface area (Å²) in [4.78, 5) is 15.1. The second-order valence-corrected chi connectivity index (χ2v) is 2.89. The van der Waals surface area contributed by atoms with Crippen LogP contribution in [0.1, 0.15) is 0 Å². The average Bonchev–Trinajstić information content (AvgIpc) is 2.28. The van der Waals surface area contributed by atoms with Gasteiger partial charge in [-0.15, -0.1) is 0 Å². The lowest BCUT2D eigenvalue weighted by atomic mass is 10.3. The fraction of sp³-hybridized carbons (Fsp3) is 0.143. The number of hydrogen-bond acceptors (Lipinski definition) is 2. The van der Waals surface area contributed by atoms with Crippen molar-refractivity contribution >= 4 is 22.6 Å². The zero-order chi connectivity index (χ0) is 8.72. The van der Waals surface area contributed by atoms with Crippen LogP contribution < -0.4 is 5.56 Å². The van der Waals surface area contributed by atoms with Crippen LogP contribution >= 0.6 is 11.6 Å². The van der Waals surface area contributed by atoms with E-state index in [0.717, 1.165) is 0 Å². The predicted octanol–water partition coefficient (Wildman–Crippen LogP) is 0.915. The minimum absolute atomic E-state index is 0.142. The number of fused-ring (bicyclic) bond motifs is 1. The van der Waals surface area contributed by atoms with Gasteiger partial charge in [-0.05, 0) is 12.1 Å². The molecule has 0 aromatic carbocycles. The number of nitrogens with zero attached hydrogens (tertiary/aromatic N) is 2. The molecule has 0 unspecified atom stereocenters. The van der Waals surface area contributed by atoms with Crippen molar-refractivity contribution < 1.29 is 0 Å². The molecule has 62 valence electrons. The lowest BCUT2D eigenvalue weighted by Crippen LogP contribution is -2.01. The molecule has 0 radical (unpaired) electrons. The summed E-state index contributed by atoms with van der Waals surface area (Å²) >= 11 is 5.66. The Morgan fingerprint density at radius 2 is 2.33 bits per heavy atom. The van der Waals surface area contributed by atoms with Gasteiger partial charge in [0.1, 0.15) is 5.15 Å². The topological polar surface area (TPSA) is 50.7 Å². The molecule has 12 heavy (non-hydrogen) atoms. The summed E-state index contributed by atoms with van der Waals surface area (Å²) in [5.74, 6) is 0. The number of rotatable bonds is 0. The maximum Gasteiger partial charge on any atom is 0.273 e. The molecule has 0 saturated carbocycles. The molecule has 0 amide bonds. The molecule has 0 bridgehead atoms. The van der Waals surface area contributed by atoms with Gasteiger partial charge >= 0.3 is 0 Å². The van der Waals surface area contributed by atoms with Crippen molar-refractivity contribution in [3.8, 4) is 0 Å². The number of aromatic nitrogens is 3. The maximum absolute atomic E-state index is 11.2. The number of H-pyrrole nitrogens is 1. The fourth-order valence-corrected chi connectivity index (χ4v) is 1.27. The summed E-state index contributed by atoms with van der Waals surface area (Å²) < 4.78 is 1.55. The van der Waals surface area contributed by atoms with Crippen molar-refractivity contribution in [3.05, 3.63) is 27.6 Å². The Morgan fingerprint density at radius 1 is 1.58 bits per heavy atom. The molecule has 5 heteroatoms. The molecule has 0 aliphatic heterocycles. The number of aryl methyl sites for hydroxylation is 1. The van der Waals surface area contributed by atoms with Crippen molar-refractivity contribution in [1.29, 1.82) is 0 Å². The van der Waals surface area contributed by atoms with Gasteiger partial charge in [-0.25, -0.2) is 4.98 Å². The van der Waals surface area contributed by atoms with E-state index in [1.165, 1.54) is 0 Å². The quantitative estimate of drug-likeness (QED) is 0.618. The van der Waals surface area contributed by atoms with Crippen LogP contribution in [0.5, 0.6) is 0 Å². The Balaban J connectivity index is 3.00. The van der Waals surface area contributed by atoms with Gasteiger partial charge in [-0.1, -0.05) is 11.6 Å². The normalized spacial score (nSPS) is 10.8. The van der Waals surface area contributed by atoms with E-state index in [9.17, 15) is 4.79 Å². The minimum Gasteiger partial charge on any atom is -0.270 e. The Bertz CT molecular complexity index is 485. The van der Waals surface area contributed by atoms with Gasteiger partial charge in [0.15, 0.2) is 5.65 Å². The minimum atomic E-state index is -0.142. The molecular formula is C7H6ClN3O. The van der Waals surface area contributed by atoms with Crippen molar-refractivity contribution in [1.82, 2.24) is 14.8 Å². The lowest BCUT2D eigenvalue weighted by Gasteiger charge is -1.92. The molecule has 2 rings (SSSR count). The molecule has 0 fully saturated rings. The fourth-order valence-electron chi connectivity index (χ4n) is 1.12. The first-order chi connectivity index (χ1) is 5.68. The molecule has 1 N–H and O–H groups in total. The highest BCUT2D eigenvalue weighted by Crippen LogP contribution is 2.10. The second-order valence-electron chi connectivity index (χ2n) is 2.51. The third-order valence-corrected chi connectivity index (χ3v) is 1.88. The Hall–Kier alpha value is -1.29. The van der Waals surface area contributed by atoms with Crippen LogP contribution in [0.2, 0.25) is 5.15 Å². The largest absolute Gasteiger partial charge is 0.273 e. The number of nitrogens with one attached hydrogen (secondary N) is 1. The average molecular weight is 184 g/mol. The first kappa shape index (κ1) is 7.36. The molecular weight excluding hydrogens is 178 g/mol. The highest BCUT2D eigenvalue weighted by Gasteiger charge is 2.04. The van der Waals surface area contributed by atoms with Gasteiger partial charge < -0.3 is 0 Å². The van der Waals surface area contributed by atoms with E-state index < -0.39 is 0 Å². The molecule has 2 aromatic rings. The van der Waals surface area contributed by atoms with Crippen LogP contribution in [0.4, 0.5) is 0 Å². The SMILES string of the molecule is Cn1[nH]c(=O)c2ccc(Cl)nc21. The van der Waals surface area contributed by atoms with E-state index in [0.29, 0.717) is 16.2 Å². The number of aromatic amines is 1. The van der Waals surface area contributed by atoms with Crippen LogP contribution in [-0.4, -0.2) is 14.8 Å². The van der Waals surface area contributed by atoms with Crippen LogP contribution in [0.15, 0.2) is 16.9 Å². The zero-order valence-electron chi connectivity index (χ0n) is 6.34.